The molecule has 0 saturated heterocycles. The molecule has 0 unspecified atom stereocenters. The van der Waals surface area contributed by atoms with Gasteiger partial charge in [-0.15, -0.1) is 11.3 Å². The Kier molecular flexibility index (Phi) is 4.34. The average Bonchev–Trinajstić information content (AvgIpc) is 2.71. The summed E-state index contributed by atoms with van der Waals surface area (Å²) in [5.74, 6) is -0.192. The maximum Gasteiger partial charge on any atom is 0.254 e. The monoisotopic (exact) mass is 314 g/mol. The molecule has 3 N–H and O–H groups in total. The molecule has 3 nitrogen and oxygen atoms in total. The van der Waals surface area contributed by atoms with Crippen LogP contribution in [-0.4, -0.2) is 12.5 Å². The highest BCUT2D eigenvalue weighted by molar-refractivity contribution is 7.15. The van der Waals surface area contributed by atoms with Crippen molar-refractivity contribution in [3.63, 3.8) is 0 Å². The molecule has 100 valence electrons. The van der Waals surface area contributed by atoms with E-state index in [1.54, 1.807) is 18.2 Å². The van der Waals surface area contributed by atoms with Gasteiger partial charge in [-0.2, -0.15) is 0 Å². The van der Waals surface area contributed by atoms with Gasteiger partial charge in [0.15, 0.2) is 0 Å². The number of carbonyl (C=O) groups excluding carboxylic acids is 1. The molecular formula is C13H12Cl2N2OS. The average molecular weight is 315 g/mol. The predicted molar refractivity (Wildman–Crippen MR) is 82.2 cm³/mol. The van der Waals surface area contributed by atoms with Gasteiger partial charge in [-0.25, -0.2) is 0 Å². The van der Waals surface area contributed by atoms with E-state index in [0.717, 1.165) is 11.1 Å². The van der Waals surface area contributed by atoms with Crippen LogP contribution in [0.1, 0.15) is 17.3 Å². The molecule has 0 saturated carbocycles. The summed E-state index contributed by atoms with van der Waals surface area (Å²) in [5.41, 5.74) is 7.83. The molecule has 0 spiro atoms. The summed E-state index contributed by atoms with van der Waals surface area (Å²) >= 11 is 13.4. The van der Waals surface area contributed by atoms with Gasteiger partial charge in [-0.05, 0) is 19.1 Å². The normalized spacial score (nSPS) is 10.5. The summed E-state index contributed by atoms with van der Waals surface area (Å²) in [7, 11) is 0. The lowest BCUT2D eigenvalue weighted by molar-refractivity contribution is 0.0957. The van der Waals surface area contributed by atoms with E-state index < -0.39 is 0 Å². The van der Waals surface area contributed by atoms with Crippen LogP contribution in [0.4, 0.5) is 5.00 Å². The maximum atomic E-state index is 12.0. The third-order valence-electron chi connectivity index (χ3n) is 2.61. The molecule has 0 bridgehead atoms. The first kappa shape index (κ1) is 14.2. The van der Waals surface area contributed by atoms with E-state index in [0.29, 0.717) is 27.2 Å². The molecule has 2 rings (SSSR count). The lowest BCUT2D eigenvalue weighted by Crippen LogP contribution is -2.23. The Morgan fingerprint density at radius 2 is 2.11 bits per heavy atom. The third-order valence-corrected chi connectivity index (χ3v) is 3.96. The number of nitrogens with two attached hydrogens (primary N) is 1. The molecule has 0 aliphatic heterocycles. The zero-order valence-electron chi connectivity index (χ0n) is 10.2. The largest absolute Gasteiger partial charge is 0.390 e. The van der Waals surface area contributed by atoms with Crippen molar-refractivity contribution in [3.05, 3.63) is 39.2 Å². The second-order valence-electron chi connectivity index (χ2n) is 3.87. The van der Waals surface area contributed by atoms with Crippen molar-refractivity contribution in [2.24, 2.45) is 0 Å². The molecule has 0 radical (unpaired) electrons. The second kappa shape index (κ2) is 5.82. The van der Waals surface area contributed by atoms with Crippen molar-refractivity contribution in [2.75, 3.05) is 12.3 Å². The fourth-order valence-electron chi connectivity index (χ4n) is 1.76. The number of hydrogen-bond donors (Lipinski definition) is 2. The van der Waals surface area contributed by atoms with E-state index in [9.17, 15) is 4.79 Å². The molecule has 1 heterocycles. The number of anilines is 1. The lowest BCUT2D eigenvalue weighted by atomic mass is 10.0. The summed E-state index contributed by atoms with van der Waals surface area (Å²) < 4.78 is 0. The first-order chi connectivity index (χ1) is 9.04. The number of carbonyl (C=O) groups is 1. The summed E-state index contributed by atoms with van der Waals surface area (Å²) in [4.78, 5) is 12.0. The number of benzene rings is 1. The van der Waals surface area contributed by atoms with Crippen molar-refractivity contribution >= 4 is 45.4 Å². The second-order valence-corrected chi connectivity index (χ2v) is 5.63. The van der Waals surface area contributed by atoms with Crippen LogP contribution >= 0.6 is 34.5 Å². The van der Waals surface area contributed by atoms with Crippen molar-refractivity contribution in [3.8, 4) is 11.1 Å². The number of nitrogen functional groups attached to an aromatic ring is 1. The van der Waals surface area contributed by atoms with Crippen LogP contribution in [0.3, 0.4) is 0 Å². The predicted octanol–water partition coefficient (Wildman–Crippen LogP) is 4.05. The summed E-state index contributed by atoms with van der Waals surface area (Å²) in [5, 5.41) is 6.10. The molecular weight excluding hydrogens is 303 g/mol. The smallest absolute Gasteiger partial charge is 0.254 e. The first-order valence-electron chi connectivity index (χ1n) is 5.65. The van der Waals surface area contributed by atoms with Crippen LogP contribution < -0.4 is 11.1 Å². The van der Waals surface area contributed by atoms with E-state index in [2.05, 4.69) is 5.32 Å². The molecule has 1 aromatic heterocycles. The van der Waals surface area contributed by atoms with Crippen molar-refractivity contribution < 1.29 is 4.79 Å². The van der Waals surface area contributed by atoms with Crippen molar-refractivity contribution in [1.82, 2.24) is 5.32 Å². The number of hydrogen-bond acceptors (Lipinski definition) is 3. The van der Waals surface area contributed by atoms with Crippen molar-refractivity contribution in [2.45, 2.75) is 6.92 Å². The van der Waals surface area contributed by atoms with Gasteiger partial charge in [0, 0.05) is 33.1 Å². The van der Waals surface area contributed by atoms with E-state index in [1.165, 1.54) is 11.3 Å². The minimum absolute atomic E-state index is 0.192. The van der Waals surface area contributed by atoms with E-state index in [4.69, 9.17) is 28.9 Å². The standard InChI is InChI=1S/C13H12Cl2N2OS/c1-2-17-13(18)11-9(6-19-12(11)16)8-4-3-7(14)5-10(8)15/h3-6H,2,16H2,1H3,(H,17,18). The molecule has 1 amide bonds. The third kappa shape index (κ3) is 2.86. The van der Waals surface area contributed by atoms with E-state index >= 15 is 0 Å². The maximum absolute atomic E-state index is 12.0. The molecule has 19 heavy (non-hydrogen) atoms. The first-order valence-corrected chi connectivity index (χ1v) is 7.28. The highest BCUT2D eigenvalue weighted by atomic mass is 35.5. The van der Waals surface area contributed by atoms with Gasteiger partial charge in [0.05, 0.1) is 10.6 Å². The summed E-state index contributed by atoms with van der Waals surface area (Å²) in [6.45, 7) is 2.40. The highest BCUT2D eigenvalue weighted by Crippen LogP contribution is 2.38. The van der Waals surface area contributed by atoms with Crippen LogP contribution in [0.25, 0.3) is 11.1 Å². The van der Waals surface area contributed by atoms with Crippen LogP contribution in [-0.2, 0) is 0 Å². The van der Waals surface area contributed by atoms with Crippen LogP contribution in [0.5, 0.6) is 0 Å². The van der Waals surface area contributed by atoms with Gasteiger partial charge >= 0.3 is 0 Å². The highest BCUT2D eigenvalue weighted by Gasteiger charge is 2.19. The quantitative estimate of drug-likeness (QED) is 0.897. The minimum atomic E-state index is -0.192. The number of thiophene rings is 1. The van der Waals surface area contributed by atoms with Crippen molar-refractivity contribution in [1.29, 1.82) is 0 Å². The van der Waals surface area contributed by atoms with E-state index in [-0.39, 0.29) is 5.91 Å². The minimum Gasteiger partial charge on any atom is -0.390 e. The lowest BCUT2D eigenvalue weighted by Gasteiger charge is -2.08. The zero-order chi connectivity index (χ0) is 14.0. The Balaban J connectivity index is 2.54. The van der Waals surface area contributed by atoms with Crippen LogP contribution in [0, 0.1) is 0 Å². The molecule has 0 aliphatic carbocycles. The molecule has 0 fully saturated rings. The van der Waals surface area contributed by atoms with Crippen LogP contribution in [0.15, 0.2) is 23.6 Å². The molecule has 6 heteroatoms. The SMILES string of the molecule is CCNC(=O)c1c(-c2ccc(Cl)cc2Cl)csc1N. The Morgan fingerprint density at radius 1 is 1.37 bits per heavy atom. The fourth-order valence-corrected chi connectivity index (χ4v) is 3.08. The topological polar surface area (TPSA) is 55.1 Å². The van der Waals surface area contributed by atoms with Gasteiger partial charge in [-0.3, -0.25) is 4.79 Å². The van der Waals surface area contributed by atoms with Gasteiger partial charge < -0.3 is 11.1 Å². The summed E-state index contributed by atoms with van der Waals surface area (Å²) in [6, 6.07) is 5.17. The Labute approximate surface area is 125 Å². The Morgan fingerprint density at radius 3 is 2.74 bits per heavy atom. The zero-order valence-corrected chi connectivity index (χ0v) is 12.5. The van der Waals surface area contributed by atoms with Gasteiger partial charge in [-0.1, -0.05) is 29.3 Å². The summed E-state index contributed by atoms with van der Waals surface area (Å²) in [6.07, 6.45) is 0. The van der Waals surface area contributed by atoms with Gasteiger partial charge in [0.25, 0.3) is 5.91 Å². The molecule has 2 aromatic rings. The number of halogens is 2. The van der Waals surface area contributed by atoms with Gasteiger partial charge in [0.2, 0.25) is 0 Å². The van der Waals surface area contributed by atoms with Crippen LogP contribution in [0.2, 0.25) is 10.0 Å². The number of amides is 1. The fraction of sp³-hybridized carbons (Fsp3) is 0.154. The van der Waals surface area contributed by atoms with E-state index in [1.807, 2.05) is 12.3 Å². The number of rotatable bonds is 3. The molecule has 0 atom stereocenters. The van der Waals surface area contributed by atoms with Gasteiger partial charge in [0.1, 0.15) is 0 Å². The molecule has 1 aromatic carbocycles. The number of nitrogens with one attached hydrogen (secondary N) is 1. The Bertz CT molecular complexity index is 625. The molecule has 0 aliphatic rings. The Hall–Kier alpha value is -1.23.